The van der Waals surface area contributed by atoms with Crippen LogP contribution in [0.5, 0.6) is 5.75 Å². The van der Waals surface area contributed by atoms with Crippen molar-refractivity contribution >= 4 is 21.8 Å². The number of methoxy groups -OCH3 is 1. The molecule has 0 fully saturated rings. The summed E-state index contributed by atoms with van der Waals surface area (Å²) in [5.74, 6) is 1.12. The number of hydrogen-bond donors (Lipinski definition) is 0. The third-order valence-electron chi connectivity index (χ3n) is 4.96. The van der Waals surface area contributed by atoms with Crippen LogP contribution >= 0.6 is 0 Å². The molecule has 0 saturated carbocycles. The lowest BCUT2D eigenvalue weighted by Gasteiger charge is -2.11. The van der Waals surface area contributed by atoms with Crippen molar-refractivity contribution in [2.75, 3.05) is 7.11 Å². The normalized spacial score (nSPS) is 11.4. The van der Waals surface area contributed by atoms with Crippen molar-refractivity contribution in [3.63, 3.8) is 0 Å². The Morgan fingerprint density at radius 3 is 2.07 bits per heavy atom. The van der Waals surface area contributed by atoms with Crippen LogP contribution in [0.4, 0.5) is 0 Å². The molecule has 148 valence electrons. The number of pyridine rings is 3. The number of aromatic nitrogens is 3. The van der Waals surface area contributed by atoms with Gasteiger partial charge in [0.25, 0.3) is 11.1 Å². The Hall–Kier alpha value is -3.41. The van der Waals surface area contributed by atoms with Crippen molar-refractivity contribution in [2.45, 2.75) is 26.9 Å². The van der Waals surface area contributed by atoms with Crippen LogP contribution < -0.4 is 15.9 Å². The van der Waals surface area contributed by atoms with E-state index in [0.717, 1.165) is 11.3 Å². The average Bonchev–Trinajstić information content (AvgIpc) is 2.72. The van der Waals surface area contributed by atoms with Gasteiger partial charge in [0, 0.05) is 18.9 Å². The highest BCUT2D eigenvalue weighted by molar-refractivity contribution is 5.91. The van der Waals surface area contributed by atoms with Gasteiger partial charge in [-0.2, -0.15) is 0 Å². The quantitative estimate of drug-likeness (QED) is 0.491. The molecule has 0 amide bonds. The zero-order chi connectivity index (χ0) is 20.5. The lowest BCUT2D eigenvalue weighted by Crippen LogP contribution is -2.23. The molecule has 0 bridgehead atoms. The van der Waals surface area contributed by atoms with E-state index >= 15 is 0 Å². The van der Waals surface area contributed by atoms with Crippen molar-refractivity contribution < 1.29 is 4.74 Å². The molecule has 0 atom stereocenters. The minimum atomic E-state index is -0.161. The Bertz CT molecular complexity index is 1300. The van der Waals surface area contributed by atoms with Gasteiger partial charge < -0.3 is 13.9 Å². The third-order valence-corrected chi connectivity index (χ3v) is 4.96. The minimum absolute atomic E-state index is 0.115. The molecule has 29 heavy (non-hydrogen) atoms. The van der Waals surface area contributed by atoms with Gasteiger partial charge in [0.1, 0.15) is 5.75 Å². The van der Waals surface area contributed by atoms with Gasteiger partial charge in [-0.05, 0) is 41.8 Å². The smallest absolute Gasteiger partial charge is 0.260 e. The maximum absolute atomic E-state index is 13.1. The molecule has 4 aromatic rings. The maximum Gasteiger partial charge on any atom is 0.260 e. The maximum atomic E-state index is 13.1. The van der Waals surface area contributed by atoms with Crippen molar-refractivity contribution in [1.82, 2.24) is 14.1 Å². The SMILES string of the molecule is COc1ccc(Cn2ccc3nc4ccn(CC(C)C)c(=O)c4cc3c2=O)cc1. The third kappa shape index (κ3) is 3.66. The Morgan fingerprint density at radius 1 is 0.897 bits per heavy atom. The number of hydrogen-bond acceptors (Lipinski definition) is 4. The van der Waals surface area contributed by atoms with Gasteiger partial charge in [0.15, 0.2) is 0 Å². The van der Waals surface area contributed by atoms with E-state index in [4.69, 9.17) is 4.74 Å². The fraction of sp³-hybridized carbons (Fsp3) is 0.261. The van der Waals surface area contributed by atoms with Crippen LogP contribution in [0.3, 0.4) is 0 Å². The predicted molar refractivity (Wildman–Crippen MR) is 115 cm³/mol. The van der Waals surface area contributed by atoms with Crippen LogP contribution in [0.25, 0.3) is 21.8 Å². The second-order valence-electron chi connectivity index (χ2n) is 7.62. The van der Waals surface area contributed by atoms with Gasteiger partial charge in [0.2, 0.25) is 0 Å². The fourth-order valence-corrected chi connectivity index (χ4v) is 3.49. The zero-order valence-electron chi connectivity index (χ0n) is 16.8. The van der Waals surface area contributed by atoms with Crippen molar-refractivity contribution in [1.29, 1.82) is 0 Å². The highest BCUT2D eigenvalue weighted by atomic mass is 16.5. The second kappa shape index (κ2) is 7.54. The van der Waals surface area contributed by atoms with E-state index in [1.807, 2.05) is 36.4 Å². The summed E-state index contributed by atoms with van der Waals surface area (Å²) in [6.45, 7) is 5.19. The second-order valence-corrected chi connectivity index (χ2v) is 7.62. The minimum Gasteiger partial charge on any atom is -0.497 e. The van der Waals surface area contributed by atoms with Crippen LogP contribution in [0.15, 0.2) is 64.4 Å². The summed E-state index contributed by atoms with van der Waals surface area (Å²) in [6, 6.07) is 12.9. The highest BCUT2D eigenvalue weighted by Gasteiger charge is 2.11. The number of fused-ring (bicyclic) bond motifs is 2. The molecular weight excluding hydrogens is 366 g/mol. The molecule has 6 nitrogen and oxygen atoms in total. The molecule has 0 unspecified atom stereocenters. The Morgan fingerprint density at radius 2 is 1.48 bits per heavy atom. The van der Waals surface area contributed by atoms with E-state index in [-0.39, 0.29) is 11.1 Å². The summed E-state index contributed by atoms with van der Waals surface area (Å²) < 4.78 is 8.49. The summed E-state index contributed by atoms with van der Waals surface area (Å²) in [5, 5.41) is 0.924. The van der Waals surface area contributed by atoms with E-state index in [1.54, 1.807) is 34.7 Å². The van der Waals surface area contributed by atoms with Crippen LogP contribution in [0.2, 0.25) is 0 Å². The zero-order valence-corrected chi connectivity index (χ0v) is 16.8. The van der Waals surface area contributed by atoms with Gasteiger partial charge in [0.05, 0.1) is 35.5 Å². The van der Waals surface area contributed by atoms with Crippen LogP contribution in [0.1, 0.15) is 19.4 Å². The largest absolute Gasteiger partial charge is 0.497 e. The summed E-state index contributed by atoms with van der Waals surface area (Å²) >= 11 is 0. The first-order valence-corrected chi connectivity index (χ1v) is 9.62. The number of ether oxygens (including phenoxy) is 1. The van der Waals surface area contributed by atoms with Crippen LogP contribution in [0, 0.1) is 5.92 Å². The van der Waals surface area contributed by atoms with Crippen molar-refractivity contribution in [3.05, 3.63) is 81.1 Å². The van der Waals surface area contributed by atoms with Crippen LogP contribution in [-0.4, -0.2) is 21.2 Å². The van der Waals surface area contributed by atoms with Gasteiger partial charge in [-0.1, -0.05) is 26.0 Å². The van der Waals surface area contributed by atoms with Gasteiger partial charge >= 0.3 is 0 Å². The molecule has 0 saturated heterocycles. The van der Waals surface area contributed by atoms with E-state index in [1.165, 1.54) is 0 Å². The molecule has 0 N–H and O–H groups in total. The van der Waals surface area contributed by atoms with Crippen molar-refractivity contribution in [2.24, 2.45) is 5.92 Å². The number of nitrogens with zero attached hydrogens (tertiary/aromatic N) is 3. The number of benzene rings is 1. The molecule has 3 heterocycles. The summed E-state index contributed by atoms with van der Waals surface area (Å²) in [6.07, 6.45) is 3.52. The Kier molecular flexibility index (Phi) is 4.92. The predicted octanol–water partition coefficient (Wildman–Crippen LogP) is 3.42. The van der Waals surface area contributed by atoms with Gasteiger partial charge in [-0.3, -0.25) is 9.59 Å². The topological polar surface area (TPSA) is 66.1 Å². The Balaban J connectivity index is 1.81. The standard InChI is InChI=1S/C23H23N3O3/c1-15(2)13-25-10-8-20-18(22(25)27)12-19-21(24-20)9-11-26(23(19)28)14-16-4-6-17(29-3)7-5-16/h4-12,15H,13-14H2,1-3H3. The van der Waals surface area contributed by atoms with E-state index in [9.17, 15) is 9.59 Å². The molecule has 0 aliphatic carbocycles. The number of rotatable bonds is 5. The molecule has 0 aliphatic heterocycles. The first-order valence-electron chi connectivity index (χ1n) is 9.62. The molecule has 3 aromatic heterocycles. The molecule has 0 radical (unpaired) electrons. The highest BCUT2D eigenvalue weighted by Crippen LogP contribution is 2.16. The fourth-order valence-electron chi connectivity index (χ4n) is 3.49. The first-order chi connectivity index (χ1) is 14.0. The summed E-state index contributed by atoms with van der Waals surface area (Å²) in [5.41, 5.74) is 1.91. The average molecular weight is 389 g/mol. The molecule has 0 aliphatic rings. The lowest BCUT2D eigenvalue weighted by atomic mass is 10.1. The summed E-state index contributed by atoms with van der Waals surface area (Å²) in [7, 11) is 1.62. The van der Waals surface area contributed by atoms with E-state index < -0.39 is 0 Å². The monoisotopic (exact) mass is 389 g/mol. The van der Waals surface area contributed by atoms with E-state index in [0.29, 0.717) is 40.8 Å². The first kappa shape index (κ1) is 18.9. The molecule has 0 spiro atoms. The Labute approximate surface area is 168 Å². The van der Waals surface area contributed by atoms with Gasteiger partial charge in [-0.15, -0.1) is 0 Å². The van der Waals surface area contributed by atoms with Crippen LogP contribution in [-0.2, 0) is 13.1 Å². The van der Waals surface area contributed by atoms with Gasteiger partial charge in [-0.25, -0.2) is 4.98 Å². The molecule has 6 heteroatoms. The lowest BCUT2D eigenvalue weighted by molar-refractivity contribution is 0.414. The molecule has 1 aromatic carbocycles. The van der Waals surface area contributed by atoms with E-state index in [2.05, 4.69) is 18.8 Å². The summed E-state index contributed by atoms with van der Waals surface area (Å²) in [4.78, 5) is 30.5. The molecular formula is C23H23N3O3. The molecule has 4 rings (SSSR count). The van der Waals surface area contributed by atoms with Crippen molar-refractivity contribution in [3.8, 4) is 5.75 Å².